The van der Waals surface area contributed by atoms with Crippen LogP contribution in [0.2, 0.25) is 0 Å². The lowest BCUT2D eigenvalue weighted by Gasteiger charge is -2.27. The Morgan fingerprint density at radius 2 is 1.94 bits per heavy atom. The molecule has 7 heteroatoms. The fourth-order valence-corrected chi connectivity index (χ4v) is 3.12. The smallest absolute Gasteiger partial charge is 0.347 e. The highest BCUT2D eigenvalue weighted by molar-refractivity contribution is 7.13. The van der Waals surface area contributed by atoms with Gasteiger partial charge < -0.3 is 10.0 Å². The van der Waals surface area contributed by atoms with Gasteiger partial charge in [-0.1, -0.05) is 0 Å². The molecular formula is C11H18Cl2N2O2S. The highest BCUT2D eigenvalue weighted by Crippen LogP contribution is 2.32. The van der Waals surface area contributed by atoms with E-state index in [1.54, 1.807) is 6.92 Å². The fourth-order valence-electron chi connectivity index (χ4n) is 2.05. The van der Waals surface area contributed by atoms with Crippen molar-refractivity contribution in [2.45, 2.75) is 25.7 Å². The Hall–Kier alpha value is -0.360. The Bertz CT molecular complexity index is 404. The number of hydrogen-bond donors (Lipinski definition) is 1. The predicted octanol–water partition coefficient (Wildman–Crippen LogP) is 2.80. The molecule has 2 heterocycles. The van der Waals surface area contributed by atoms with Crippen molar-refractivity contribution in [1.29, 1.82) is 0 Å². The zero-order valence-corrected chi connectivity index (χ0v) is 12.8. The van der Waals surface area contributed by atoms with Gasteiger partial charge in [0.15, 0.2) is 0 Å². The van der Waals surface area contributed by atoms with Gasteiger partial charge in [-0.3, -0.25) is 0 Å². The minimum absolute atomic E-state index is 0. The van der Waals surface area contributed by atoms with Crippen molar-refractivity contribution in [3.05, 3.63) is 15.6 Å². The van der Waals surface area contributed by atoms with Crippen molar-refractivity contribution < 1.29 is 9.90 Å². The topological polar surface area (TPSA) is 53.4 Å². The van der Waals surface area contributed by atoms with Crippen molar-refractivity contribution >= 4 is 42.1 Å². The molecule has 1 fully saturated rings. The Morgan fingerprint density at radius 3 is 2.39 bits per heavy atom. The van der Waals surface area contributed by atoms with Crippen molar-refractivity contribution in [2.75, 3.05) is 20.1 Å². The van der Waals surface area contributed by atoms with E-state index >= 15 is 0 Å². The third kappa shape index (κ3) is 3.82. The first-order valence-electron chi connectivity index (χ1n) is 5.47. The van der Waals surface area contributed by atoms with Gasteiger partial charge in [0.25, 0.3) is 0 Å². The number of carboxylic acid groups (broad SMARTS) is 1. The number of piperidine rings is 1. The summed E-state index contributed by atoms with van der Waals surface area (Å²) in [4.78, 5) is 18.0. The summed E-state index contributed by atoms with van der Waals surface area (Å²) in [7, 11) is 2.12. The zero-order valence-electron chi connectivity index (χ0n) is 10.4. The summed E-state index contributed by atoms with van der Waals surface area (Å²) in [5.41, 5.74) is 0.659. The van der Waals surface area contributed by atoms with Gasteiger partial charge in [-0.15, -0.1) is 36.2 Å². The van der Waals surface area contributed by atoms with Gasteiger partial charge in [0.2, 0.25) is 0 Å². The van der Waals surface area contributed by atoms with Crippen molar-refractivity contribution in [3.63, 3.8) is 0 Å². The van der Waals surface area contributed by atoms with E-state index < -0.39 is 5.97 Å². The molecule has 0 bridgehead atoms. The lowest BCUT2D eigenvalue weighted by molar-refractivity contribution is 0.0701. The average Bonchev–Trinajstić information content (AvgIpc) is 2.61. The summed E-state index contributed by atoms with van der Waals surface area (Å²) < 4.78 is 0. The Labute approximate surface area is 123 Å². The molecule has 0 saturated carbocycles. The van der Waals surface area contributed by atoms with Crippen LogP contribution in [0.4, 0.5) is 0 Å². The summed E-state index contributed by atoms with van der Waals surface area (Å²) in [6, 6.07) is 0. The third-order valence-corrected chi connectivity index (χ3v) is 4.38. The van der Waals surface area contributed by atoms with Crippen LogP contribution < -0.4 is 0 Å². The number of aryl methyl sites for hydroxylation is 1. The number of aromatic carboxylic acids is 1. The fraction of sp³-hybridized carbons (Fsp3) is 0.636. The molecule has 2 rings (SSSR count). The molecule has 0 atom stereocenters. The lowest BCUT2D eigenvalue weighted by Crippen LogP contribution is -2.29. The molecule has 104 valence electrons. The van der Waals surface area contributed by atoms with E-state index in [2.05, 4.69) is 16.9 Å². The standard InChI is InChI=1S/C11H16N2O2S.2ClH/c1-7-9(11(14)15)16-10(12-7)8-3-5-13(2)6-4-8;;/h8H,3-6H2,1-2H3,(H,14,15);2*1H. The molecule has 1 N–H and O–H groups in total. The maximum Gasteiger partial charge on any atom is 0.347 e. The number of rotatable bonds is 2. The van der Waals surface area contributed by atoms with Crippen LogP contribution in [0, 0.1) is 6.92 Å². The number of carbonyl (C=O) groups is 1. The number of hydrogen-bond acceptors (Lipinski definition) is 4. The predicted molar refractivity (Wildman–Crippen MR) is 77.8 cm³/mol. The van der Waals surface area contributed by atoms with Gasteiger partial charge >= 0.3 is 5.97 Å². The van der Waals surface area contributed by atoms with E-state index in [4.69, 9.17) is 5.11 Å². The van der Waals surface area contributed by atoms with Crippen LogP contribution in [0.15, 0.2) is 0 Å². The van der Waals surface area contributed by atoms with Crippen LogP contribution >= 0.6 is 36.2 Å². The number of halogens is 2. The molecule has 0 unspecified atom stereocenters. The lowest BCUT2D eigenvalue weighted by atomic mass is 9.98. The molecule has 18 heavy (non-hydrogen) atoms. The molecule has 0 spiro atoms. The second-order valence-electron chi connectivity index (χ2n) is 4.35. The first-order chi connectivity index (χ1) is 7.58. The summed E-state index contributed by atoms with van der Waals surface area (Å²) in [6.45, 7) is 3.93. The second kappa shape index (κ2) is 7.28. The largest absolute Gasteiger partial charge is 0.477 e. The Balaban J connectivity index is 0.00000144. The highest BCUT2D eigenvalue weighted by Gasteiger charge is 2.23. The number of nitrogens with zero attached hydrogens (tertiary/aromatic N) is 2. The molecule has 1 aromatic heterocycles. The molecule has 0 radical (unpaired) electrons. The van der Waals surface area contributed by atoms with Crippen LogP contribution in [-0.2, 0) is 0 Å². The van der Waals surface area contributed by atoms with E-state index in [9.17, 15) is 4.79 Å². The maximum atomic E-state index is 10.9. The van der Waals surface area contributed by atoms with Crippen molar-refractivity contribution in [3.8, 4) is 0 Å². The summed E-state index contributed by atoms with van der Waals surface area (Å²) in [5.74, 6) is -0.401. The van der Waals surface area contributed by atoms with Crippen LogP contribution in [0.3, 0.4) is 0 Å². The number of carboxylic acids is 1. The van der Waals surface area contributed by atoms with Gasteiger partial charge in [0.05, 0.1) is 10.7 Å². The average molecular weight is 313 g/mol. The van der Waals surface area contributed by atoms with E-state index in [1.165, 1.54) is 11.3 Å². The quantitative estimate of drug-likeness (QED) is 0.912. The van der Waals surface area contributed by atoms with Gasteiger partial charge in [0.1, 0.15) is 4.88 Å². The normalized spacial score (nSPS) is 16.8. The zero-order chi connectivity index (χ0) is 11.7. The number of aromatic nitrogens is 1. The molecular weight excluding hydrogens is 295 g/mol. The molecule has 0 aromatic carbocycles. The van der Waals surface area contributed by atoms with Crippen molar-refractivity contribution in [1.82, 2.24) is 9.88 Å². The molecule has 1 saturated heterocycles. The molecule has 1 aliphatic heterocycles. The third-order valence-electron chi connectivity index (χ3n) is 3.08. The van der Waals surface area contributed by atoms with Gasteiger partial charge in [-0.05, 0) is 39.9 Å². The van der Waals surface area contributed by atoms with Gasteiger partial charge in [-0.25, -0.2) is 9.78 Å². The second-order valence-corrected chi connectivity index (χ2v) is 5.38. The number of thiazole rings is 1. The molecule has 1 aliphatic rings. The summed E-state index contributed by atoms with van der Waals surface area (Å²) in [5, 5.41) is 9.98. The van der Waals surface area contributed by atoms with E-state index in [1.807, 2.05) is 0 Å². The van der Waals surface area contributed by atoms with Gasteiger partial charge in [-0.2, -0.15) is 0 Å². The SMILES string of the molecule is Cc1nc(C2CCN(C)CC2)sc1C(=O)O.Cl.Cl. The number of likely N-dealkylation sites (tertiary alicyclic amines) is 1. The first kappa shape index (κ1) is 17.6. The van der Waals surface area contributed by atoms with E-state index in [0.29, 0.717) is 16.5 Å². The Morgan fingerprint density at radius 1 is 1.39 bits per heavy atom. The van der Waals surface area contributed by atoms with Crippen molar-refractivity contribution in [2.24, 2.45) is 0 Å². The molecule has 1 aromatic rings. The first-order valence-corrected chi connectivity index (χ1v) is 6.28. The Kier molecular flexibility index (Phi) is 7.14. The molecule has 0 aliphatic carbocycles. The monoisotopic (exact) mass is 312 g/mol. The molecule has 4 nitrogen and oxygen atoms in total. The van der Waals surface area contributed by atoms with Crippen LogP contribution in [0.5, 0.6) is 0 Å². The van der Waals surface area contributed by atoms with E-state index in [-0.39, 0.29) is 24.8 Å². The maximum absolute atomic E-state index is 10.9. The highest BCUT2D eigenvalue weighted by atomic mass is 35.5. The summed E-state index contributed by atoms with van der Waals surface area (Å²) >= 11 is 1.35. The molecule has 0 amide bonds. The van der Waals surface area contributed by atoms with Crippen LogP contribution in [0.1, 0.15) is 39.1 Å². The summed E-state index contributed by atoms with van der Waals surface area (Å²) in [6.07, 6.45) is 2.17. The van der Waals surface area contributed by atoms with Crippen LogP contribution in [0.25, 0.3) is 0 Å². The van der Waals surface area contributed by atoms with Gasteiger partial charge in [0, 0.05) is 5.92 Å². The minimum Gasteiger partial charge on any atom is -0.477 e. The van der Waals surface area contributed by atoms with E-state index in [0.717, 1.165) is 30.9 Å². The van der Waals surface area contributed by atoms with Crippen LogP contribution in [-0.4, -0.2) is 41.1 Å². The minimum atomic E-state index is -0.853.